The van der Waals surface area contributed by atoms with Crippen molar-refractivity contribution >= 4 is 5.91 Å². The maximum Gasteiger partial charge on any atom is 0.237 e. The Hall–Kier alpha value is -1.36. The van der Waals surface area contributed by atoms with Crippen molar-refractivity contribution in [2.75, 3.05) is 6.54 Å². The molecule has 1 amide bonds. The number of amides is 1. The monoisotopic (exact) mass is 280 g/mol. The summed E-state index contributed by atoms with van der Waals surface area (Å²) in [5.41, 5.74) is 8.47. The van der Waals surface area contributed by atoms with Crippen LogP contribution in [0.2, 0.25) is 0 Å². The van der Waals surface area contributed by atoms with Crippen molar-refractivity contribution in [2.45, 2.75) is 66.0 Å². The molecule has 0 saturated carbocycles. The van der Waals surface area contributed by atoms with Crippen LogP contribution in [0.5, 0.6) is 0 Å². The van der Waals surface area contributed by atoms with Crippen molar-refractivity contribution in [3.05, 3.63) is 17.0 Å². The first-order chi connectivity index (χ1) is 9.31. The van der Waals surface area contributed by atoms with E-state index >= 15 is 0 Å². The molecule has 0 aliphatic rings. The second kappa shape index (κ2) is 6.88. The second-order valence-electron chi connectivity index (χ2n) is 5.70. The van der Waals surface area contributed by atoms with E-state index in [4.69, 9.17) is 5.73 Å². The lowest BCUT2D eigenvalue weighted by molar-refractivity contribution is -0.124. The van der Waals surface area contributed by atoms with Crippen LogP contribution in [0.15, 0.2) is 0 Å². The third-order valence-electron chi connectivity index (χ3n) is 4.15. The Morgan fingerprint density at radius 2 is 2.00 bits per heavy atom. The van der Waals surface area contributed by atoms with Gasteiger partial charge in [-0.25, -0.2) is 0 Å². The van der Waals surface area contributed by atoms with E-state index in [-0.39, 0.29) is 5.91 Å². The highest BCUT2D eigenvalue weighted by atomic mass is 16.1. The van der Waals surface area contributed by atoms with E-state index < -0.39 is 5.54 Å². The normalized spacial score (nSPS) is 14.2. The fourth-order valence-corrected chi connectivity index (χ4v) is 2.43. The Morgan fingerprint density at radius 1 is 1.35 bits per heavy atom. The molecule has 5 nitrogen and oxygen atoms in total. The minimum absolute atomic E-state index is 0.277. The van der Waals surface area contributed by atoms with Crippen LogP contribution in [0.3, 0.4) is 0 Å². The molecule has 1 atom stereocenters. The number of likely N-dealkylation sites (N-methyl/N-ethyl adjacent to an activating group) is 1. The summed E-state index contributed by atoms with van der Waals surface area (Å²) < 4.78 is 2.06. The number of rotatable bonds is 8. The molecule has 0 aliphatic carbocycles. The van der Waals surface area contributed by atoms with Crippen molar-refractivity contribution < 1.29 is 4.79 Å². The molecule has 1 aromatic heterocycles. The number of carbonyl (C=O) groups excluding carboxylic acids is 1. The summed E-state index contributed by atoms with van der Waals surface area (Å²) in [7, 11) is 0. The van der Waals surface area contributed by atoms with Gasteiger partial charge in [-0.05, 0) is 59.1 Å². The van der Waals surface area contributed by atoms with E-state index in [1.807, 2.05) is 20.8 Å². The second-order valence-corrected chi connectivity index (χ2v) is 5.70. The lowest BCUT2D eigenvalue weighted by atomic mass is 9.94. The minimum Gasteiger partial charge on any atom is -0.368 e. The molecule has 0 spiro atoms. The summed E-state index contributed by atoms with van der Waals surface area (Å²) in [5, 5.41) is 7.71. The lowest BCUT2D eigenvalue weighted by Crippen LogP contribution is -2.52. The Kier molecular flexibility index (Phi) is 5.74. The van der Waals surface area contributed by atoms with Crippen LogP contribution < -0.4 is 11.1 Å². The molecule has 3 N–H and O–H groups in total. The topological polar surface area (TPSA) is 72.9 Å². The zero-order valence-electron chi connectivity index (χ0n) is 13.4. The molecule has 5 heteroatoms. The van der Waals surface area contributed by atoms with Gasteiger partial charge in [-0.15, -0.1) is 0 Å². The molecule has 0 radical (unpaired) electrons. The lowest BCUT2D eigenvalue weighted by Gasteiger charge is -2.26. The van der Waals surface area contributed by atoms with Gasteiger partial charge in [-0.3, -0.25) is 9.48 Å². The summed E-state index contributed by atoms with van der Waals surface area (Å²) in [4.78, 5) is 11.5. The predicted octanol–water partition coefficient (Wildman–Crippen LogP) is 1.83. The van der Waals surface area contributed by atoms with Crippen LogP contribution in [0.25, 0.3) is 0 Å². The molecule has 0 aromatic carbocycles. The van der Waals surface area contributed by atoms with Gasteiger partial charge in [-0.2, -0.15) is 5.10 Å². The van der Waals surface area contributed by atoms with E-state index in [0.29, 0.717) is 0 Å². The van der Waals surface area contributed by atoms with Crippen molar-refractivity contribution in [2.24, 2.45) is 5.73 Å². The maximum atomic E-state index is 11.5. The van der Waals surface area contributed by atoms with Crippen molar-refractivity contribution in [1.82, 2.24) is 15.1 Å². The van der Waals surface area contributed by atoms with Crippen molar-refractivity contribution in [3.63, 3.8) is 0 Å². The van der Waals surface area contributed by atoms with Crippen molar-refractivity contribution in [3.8, 4) is 0 Å². The van der Waals surface area contributed by atoms with E-state index in [9.17, 15) is 4.79 Å². The summed E-state index contributed by atoms with van der Waals surface area (Å²) in [6, 6.07) is 0. The molecule has 0 bridgehead atoms. The van der Waals surface area contributed by atoms with Gasteiger partial charge in [0.2, 0.25) is 5.91 Å². The van der Waals surface area contributed by atoms with Crippen LogP contribution in [0, 0.1) is 20.8 Å². The van der Waals surface area contributed by atoms with Gasteiger partial charge in [0, 0.05) is 12.2 Å². The number of nitrogens with one attached hydrogen (secondary N) is 1. The largest absolute Gasteiger partial charge is 0.368 e. The Labute approximate surface area is 121 Å². The molecule has 114 valence electrons. The Morgan fingerprint density at radius 3 is 2.45 bits per heavy atom. The molecule has 20 heavy (non-hydrogen) atoms. The zero-order valence-corrected chi connectivity index (χ0v) is 13.4. The van der Waals surface area contributed by atoms with Gasteiger partial charge in [0.25, 0.3) is 0 Å². The molecule has 1 unspecified atom stereocenters. The van der Waals surface area contributed by atoms with E-state index in [0.717, 1.165) is 38.0 Å². The smallest absolute Gasteiger partial charge is 0.237 e. The van der Waals surface area contributed by atoms with E-state index in [1.54, 1.807) is 0 Å². The quantitative estimate of drug-likeness (QED) is 0.714. The van der Waals surface area contributed by atoms with Gasteiger partial charge in [0.1, 0.15) is 0 Å². The maximum absolute atomic E-state index is 11.5. The number of hydrogen-bond acceptors (Lipinski definition) is 3. The minimum atomic E-state index is -0.597. The third-order valence-corrected chi connectivity index (χ3v) is 4.15. The number of primary amides is 1. The predicted molar refractivity (Wildman–Crippen MR) is 81.6 cm³/mol. The first-order valence-electron chi connectivity index (χ1n) is 7.37. The number of carbonyl (C=O) groups is 1. The van der Waals surface area contributed by atoms with Crippen molar-refractivity contribution in [1.29, 1.82) is 0 Å². The average molecular weight is 280 g/mol. The zero-order chi connectivity index (χ0) is 15.3. The SMILES string of the molecule is CCNC(C)(CCCCn1nc(C)c(C)c1C)C(N)=O. The number of aryl methyl sites for hydroxylation is 2. The van der Waals surface area contributed by atoms with E-state index in [1.165, 1.54) is 11.3 Å². The van der Waals surface area contributed by atoms with Crippen LogP contribution in [0.1, 0.15) is 50.1 Å². The van der Waals surface area contributed by atoms with Gasteiger partial charge in [-0.1, -0.05) is 6.92 Å². The highest BCUT2D eigenvalue weighted by molar-refractivity contribution is 5.84. The first kappa shape index (κ1) is 16.7. The number of unbranched alkanes of at least 4 members (excludes halogenated alkanes) is 1. The Balaban J connectivity index is 2.48. The van der Waals surface area contributed by atoms with Gasteiger partial charge in [0.15, 0.2) is 0 Å². The number of nitrogens with two attached hydrogens (primary N) is 1. The molecule has 1 heterocycles. The summed E-state index contributed by atoms with van der Waals surface area (Å²) >= 11 is 0. The summed E-state index contributed by atoms with van der Waals surface area (Å²) in [6.07, 6.45) is 2.70. The van der Waals surface area contributed by atoms with Crippen LogP contribution in [-0.2, 0) is 11.3 Å². The highest BCUT2D eigenvalue weighted by Crippen LogP contribution is 2.16. The number of hydrogen-bond donors (Lipinski definition) is 2. The fourth-order valence-electron chi connectivity index (χ4n) is 2.43. The average Bonchev–Trinajstić information content (AvgIpc) is 2.62. The van der Waals surface area contributed by atoms with E-state index in [2.05, 4.69) is 28.9 Å². The molecule has 1 aromatic rings. The highest BCUT2D eigenvalue weighted by Gasteiger charge is 2.28. The van der Waals surface area contributed by atoms with Gasteiger partial charge >= 0.3 is 0 Å². The first-order valence-corrected chi connectivity index (χ1v) is 7.37. The molecular weight excluding hydrogens is 252 g/mol. The van der Waals surface area contributed by atoms with Gasteiger partial charge < -0.3 is 11.1 Å². The third kappa shape index (κ3) is 3.82. The van der Waals surface area contributed by atoms with Crippen LogP contribution in [-0.4, -0.2) is 27.8 Å². The summed E-state index contributed by atoms with van der Waals surface area (Å²) in [6.45, 7) is 11.7. The molecule has 0 fully saturated rings. The van der Waals surface area contributed by atoms with Gasteiger partial charge in [0.05, 0.1) is 11.2 Å². The van der Waals surface area contributed by atoms with Crippen LogP contribution >= 0.6 is 0 Å². The standard InChI is InChI=1S/C15H28N4O/c1-6-17-15(5,14(16)20)9-7-8-10-19-13(4)11(2)12(3)18-19/h17H,6-10H2,1-5H3,(H2,16,20). The molecular formula is C15H28N4O. The Bertz CT molecular complexity index is 467. The van der Waals surface area contributed by atoms with Crippen LogP contribution in [0.4, 0.5) is 0 Å². The number of nitrogens with zero attached hydrogens (tertiary/aromatic N) is 2. The molecule has 0 aliphatic heterocycles. The summed E-state index contributed by atoms with van der Waals surface area (Å²) in [5.74, 6) is -0.277. The molecule has 1 rings (SSSR count). The molecule has 0 saturated heterocycles. The number of aromatic nitrogens is 2. The fraction of sp³-hybridized carbons (Fsp3) is 0.733.